The SMILES string of the molecule is CNC(=O)c1ccc(N2CCC3(CN(C(=O)OC(C)(C)C)C3)C2)cn1. The van der Waals surface area contributed by atoms with E-state index in [1.54, 1.807) is 24.2 Å². The van der Waals surface area contributed by atoms with Gasteiger partial charge in [-0.25, -0.2) is 9.78 Å². The van der Waals surface area contributed by atoms with E-state index in [0.29, 0.717) is 5.69 Å². The number of amides is 2. The average Bonchev–Trinajstić information content (AvgIpc) is 2.97. The van der Waals surface area contributed by atoms with Gasteiger partial charge in [0.25, 0.3) is 5.91 Å². The third-order valence-electron chi connectivity index (χ3n) is 4.72. The number of carbonyl (C=O) groups excluding carboxylic acids is 2. The van der Waals surface area contributed by atoms with Crippen LogP contribution in [0.3, 0.4) is 0 Å². The Balaban J connectivity index is 1.56. The molecule has 0 unspecified atom stereocenters. The van der Waals surface area contributed by atoms with Gasteiger partial charge in [-0.1, -0.05) is 0 Å². The first kappa shape index (κ1) is 17.5. The summed E-state index contributed by atoms with van der Waals surface area (Å²) in [4.78, 5) is 32.0. The van der Waals surface area contributed by atoms with Gasteiger partial charge in [0.1, 0.15) is 11.3 Å². The minimum atomic E-state index is -0.459. The van der Waals surface area contributed by atoms with Gasteiger partial charge >= 0.3 is 6.09 Å². The topological polar surface area (TPSA) is 74.8 Å². The van der Waals surface area contributed by atoms with Crippen molar-refractivity contribution < 1.29 is 14.3 Å². The minimum Gasteiger partial charge on any atom is -0.444 e. The van der Waals surface area contributed by atoms with Crippen LogP contribution < -0.4 is 10.2 Å². The standard InChI is InChI=1S/C18H26N4O3/c1-17(2,3)25-16(24)22-11-18(12-22)7-8-21(10-18)13-5-6-14(20-9-13)15(23)19-4/h5-6,9H,7-8,10-12H2,1-4H3,(H,19,23). The Kier molecular flexibility index (Phi) is 4.34. The monoisotopic (exact) mass is 346 g/mol. The molecule has 1 aromatic rings. The highest BCUT2D eigenvalue weighted by Gasteiger charge is 2.50. The molecule has 3 heterocycles. The second kappa shape index (κ2) is 6.20. The molecule has 0 aromatic carbocycles. The smallest absolute Gasteiger partial charge is 0.410 e. The number of hydrogen-bond donors (Lipinski definition) is 1. The molecule has 3 rings (SSSR count). The molecule has 2 amide bonds. The molecule has 136 valence electrons. The van der Waals surface area contributed by atoms with Crippen LogP contribution in [-0.4, -0.2) is 60.7 Å². The summed E-state index contributed by atoms with van der Waals surface area (Å²) < 4.78 is 5.43. The molecular formula is C18H26N4O3. The molecule has 0 radical (unpaired) electrons. The summed E-state index contributed by atoms with van der Waals surface area (Å²) >= 11 is 0. The lowest BCUT2D eigenvalue weighted by Crippen LogP contribution is -2.60. The van der Waals surface area contributed by atoms with Crippen LogP contribution in [0.4, 0.5) is 10.5 Å². The maximum atomic E-state index is 12.1. The Bertz CT molecular complexity index is 660. The van der Waals surface area contributed by atoms with Crippen molar-refractivity contribution in [3.63, 3.8) is 0 Å². The normalized spacial score (nSPS) is 18.9. The van der Waals surface area contributed by atoms with E-state index in [9.17, 15) is 9.59 Å². The number of ether oxygens (including phenoxy) is 1. The summed E-state index contributed by atoms with van der Waals surface area (Å²) in [5.74, 6) is -0.184. The summed E-state index contributed by atoms with van der Waals surface area (Å²) in [6.07, 6.45) is 2.56. The van der Waals surface area contributed by atoms with Crippen LogP contribution in [0.1, 0.15) is 37.7 Å². The fourth-order valence-electron chi connectivity index (χ4n) is 3.47. The second-order valence-corrected chi connectivity index (χ2v) is 7.99. The van der Waals surface area contributed by atoms with Crippen LogP contribution in [0.5, 0.6) is 0 Å². The van der Waals surface area contributed by atoms with E-state index in [-0.39, 0.29) is 17.4 Å². The van der Waals surface area contributed by atoms with Crippen LogP contribution in [-0.2, 0) is 4.74 Å². The highest BCUT2D eigenvalue weighted by molar-refractivity contribution is 5.92. The molecule has 2 saturated heterocycles. The van der Waals surface area contributed by atoms with Gasteiger partial charge in [-0.15, -0.1) is 0 Å². The zero-order chi connectivity index (χ0) is 18.2. The van der Waals surface area contributed by atoms with Crippen molar-refractivity contribution >= 4 is 17.7 Å². The molecule has 1 spiro atoms. The van der Waals surface area contributed by atoms with Crippen molar-refractivity contribution in [1.82, 2.24) is 15.2 Å². The maximum absolute atomic E-state index is 12.1. The number of nitrogens with one attached hydrogen (secondary N) is 1. The van der Waals surface area contributed by atoms with Gasteiger partial charge < -0.3 is 19.9 Å². The Hall–Kier alpha value is -2.31. The molecule has 7 nitrogen and oxygen atoms in total. The molecule has 0 saturated carbocycles. The summed E-state index contributed by atoms with van der Waals surface area (Å²) in [5, 5.41) is 2.57. The van der Waals surface area contributed by atoms with Crippen molar-refractivity contribution in [3.8, 4) is 0 Å². The van der Waals surface area contributed by atoms with Crippen LogP contribution in [0.25, 0.3) is 0 Å². The third kappa shape index (κ3) is 3.70. The van der Waals surface area contributed by atoms with E-state index in [2.05, 4.69) is 15.2 Å². The molecule has 25 heavy (non-hydrogen) atoms. The lowest BCUT2D eigenvalue weighted by atomic mass is 9.79. The van der Waals surface area contributed by atoms with E-state index in [1.807, 2.05) is 26.8 Å². The Morgan fingerprint density at radius 1 is 1.24 bits per heavy atom. The van der Waals surface area contributed by atoms with E-state index in [1.165, 1.54) is 0 Å². The fraction of sp³-hybridized carbons (Fsp3) is 0.611. The molecule has 0 atom stereocenters. The zero-order valence-electron chi connectivity index (χ0n) is 15.3. The maximum Gasteiger partial charge on any atom is 0.410 e. The molecular weight excluding hydrogens is 320 g/mol. The fourth-order valence-corrected chi connectivity index (χ4v) is 3.47. The van der Waals surface area contributed by atoms with Crippen LogP contribution >= 0.6 is 0 Å². The number of nitrogens with zero attached hydrogens (tertiary/aromatic N) is 3. The molecule has 0 bridgehead atoms. The molecule has 2 fully saturated rings. The first-order valence-corrected chi connectivity index (χ1v) is 8.62. The Morgan fingerprint density at radius 2 is 1.96 bits per heavy atom. The van der Waals surface area contributed by atoms with Gasteiger partial charge in [0.15, 0.2) is 0 Å². The first-order valence-electron chi connectivity index (χ1n) is 8.62. The van der Waals surface area contributed by atoms with E-state index in [4.69, 9.17) is 4.74 Å². The van der Waals surface area contributed by atoms with Crippen molar-refractivity contribution in [2.75, 3.05) is 38.1 Å². The first-order chi connectivity index (χ1) is 11.7. The van der Waals surface area contributed by atoms with Crippen LogP contribution in [0.15, 0.2) is 18.3 Å². The molecule has 2 aliphatic heterocycles. The third-order valence-corrected chi connectivity index (χ3v) is 4.72. The van der Waals surface area contributed by atoms with Crippen LogP contribution in [0.2, 0.25) is 0 Å². The van der Waals surface area contributed by atoms with Crippen molar-refractivity contribution in [1.29, 1.82) is 0 Å². The van der Waals surface area contributed by atoms with E-state index in [0.717, 1.165) is 38.3 Å². The molecule has 1 N–H and O–H groups in total. The molecule has 2 aliphatic rings. The van der Waals surface area contributed by atoms with Crippen molar-refractivity contribution in [2.24, 2.45) is 5.41 Å². The Labute approximate surface area is 148 Å². The van der Waals surface area contributed by atoms with Gasteiger partial charge in [0.05, 0.1) is 11.9 Å². The van der Waals surface area contributed by atoms with Gasteiger partial charge in [-0.2, -0.15) is 0 Å². The summed E-state index contributed by atoms with van der Waals surface area (Å²) in [7, 11) is 1.59. The average molecular weight is 346 g/mol. The number of hydrogen-bond acceptors (Lipinski definition) is 5. The van der Waals surface area contributed by atoms with Gasteiger partial charge in [0, 0.05) is 38.6 Å². The summed E-state index contributed by atoms with van der Waals surface area (Å²) in [5.41, 5.74) is 1.12. The number of carbonyl (C=O) groups is 2. The van der Waals surface area contributed by atoms with Crippen LogP contribution in [0, 0.1) is 5.41 Å². The van der Waals surface area contributed by atoms with Crippen molar-refractivity contribution in [2.45, 2.75) is 32.8 Å². The molecule has 1 aromatic heterocycles. The number of pyridine rings is 1. The zero-order valence-corrected chi connectivity index (χ0v) is 15.3. The number of rotatable bonds is 2. The van der Waals surface area contributed by atoms with E-state index < -0.39 is 5.60 Å². The lowest BCUT2D eigenvalue weighted by Gasteiger charge is -2.47. The second-order valence-electron chi connectivity index (χ2n) is 7.99. The van der Waals surface area contributed by atoms with E-state index >= 15 is 0 Å². The van der Waals surface area contributed by atoms with Gasteiger partial charge in [-0.05, 0) is 39.3 Å². The molecule has 0 aliphatic carbocycles. The summed E-state index contributed by atoms with van der Waals surface area (Å²) in [6.45, 7) is 8.95. The highest BCUT2D eigenvalue weighted by Crippen LogP contribution is 2.41. The van der Waals surface area contributed by atoms with Crippen molar-refractivity contribution in [3.05, 3.63) is 24.0 Å². The molecule has 7 heteroatoms. The number of likely N-dealkylation sites (tertiary alicyclic amines) is 1. The Morgan fingerprint density at radius 3 is 2.52 bits per heavy atom. The number of anilines is 1. The van der Waals surface area contributed by atoms with Gasteiger partial charge in [-0.3, -0.25) is 4.79 Å². The lowest BCUT2D eigenvalue weighted by molar-refractivity contribution is -0.0266. The largest absolute Gasteiger partial charge is 0.444 e. The quantitative estimate of drug-likeness (QED) is 0.885. The van der Waals surface area contributed by atoms with Gasteiger partial charge in [0.2, 0.25) is 0 Å². The predicted octanol–water partition coefficient (Wildman–Crippen LogP) is 1.89. The number of aromatic nitrogens is 1. The summed E-state index contributed by atoms with van der Waals surface area (Å²) in [6, 6.07) is 3.67. The highest BCUT2D eigenvalue weighted by atomic mass is 16.6. The minimum absolute atomic E-state index is 0.149. The predicted molar refractivity (Wildman–Crippen MR) is 94.7 cm³/mol.